The van der Waals surface area contributed by atoms with Gasteiger partial charge in [0, 0.05) is 11.7 Å². The van der Waals surface area contributed by atoms with Crippen molar-refractivity contribution in [3.05, 3.63) is 77.6 Å². The Kier molecular flexibility index (Phi) is 3.95. The number of aromatic nitrogens is 1. The molecule has 1 aromatic heterocycles. The molecule has 0 saturated carbocycles. The predicted molar refractivity (Wildman–Crippen MR) is 93.3 cm³/mol. The lowest BCUT2D eigenvalue weighted by molar-refractivity contribution is 0.175. The summed E-state index contributed by atoms with van der Waals surface area (Å²) in [5, 5.41) is 0. The van der Waals surface area contributed by atoms with Crippen LogP contribution in [0.25, 0.3) is 11.6 Å². The number of pyridine rings is 1. The van der Waals surface area contributed by atoms with Gasteiger partial charge in [0.25, 0.3) is 0 Å². The lowest BCUT2D eigenvalue weighted by atomic mass is 9.77. The van der Waals surface area contributed by atoms with Crippen molar-refractivity contribution in [3.8, 4) is 0 Å². The fourth-order valence-electron chi connectivity index (χ4n) is 2.96. The Morgan fingerprint density at radius 3 is 2.55 bits per heavy atom. The van der Waals surface area contributed by atoms with E-state index in [1.807, 2.05) is 24.4 Å². The van der Waals surface area contributed by atoms with E-state index in [-0.39, 0.29) is 5.54 Å². The van der Waals surface area contributed by atoms with Crippen LogP contribution < -0.4 is 0 Å². The summed E-state index contributed by atoms with van der Waals surface area (Å²) in [6.07, 6.45) is 9.43. The predicted octanol–water partition coefficient (Wildman–Crippen LogP) is 4.36. The fourth-order valence-corrected chi connectivity index (χ4v) is 2.96. The van der Waals surface area contributed by atoms with E-state index in [9.17, 15) is 0 Å². The van der Waals surface area contributed by atoms with E-state index in [1.54, 1.807) is 0 Å². The second-order valence-corrected chi connectivity index (χ2v) is 6.17. The van der Waals surface area contributed by atoms with Crippen molar-refractivity contribution in [2.75, 3.05) is 14.1 Å². The maximum absolute atomic E-state index is 4.35. The molecule has 0 fully saturated rings. The molecule has 1 aliphatic carbocycles. The van der Waals surface area contributed by atoms with Gasteiger partial charge in [-0.05, 0) is 62.3 Å². The van der Waals surface area contributed by atoms with Crippen molar-refractivity contribution in [2.45, 2.75) is 18.9 Å². The van der Waals surface area contributed by atoms with E-state index in [2.05, 4.69) is 73.4 Å². The van der Waals surface area contributed by atoms with Crippen LogP contribution in [0.3, 0.4) is 0 Å². The Hall–Kier alpha value is -2.19. The van der Waals surface area contributed by atoms with Crippen molar-refractivity contribution in [1.29, 1.82) is 0 Å². The van der Waals surface area contributed by atoms with E-state index in [0.717, 1.165) is 12.1 Å². The first-order valence-corrected chi connectivity index (χ1v) is 7.68. The van der Waals surface area contributed by atoms with Gasteiger partial charge in [0.2, 0.25) is 0 Å². The molecular weight excluding hydrogens is 268 g/mol. The highest BCUT2D eigenvalue weighted by molar-refractivity contribution is 5.82. The van der Waals surface area contributed by atoms with Gasteiger partial charge in [0.1, 0.15) is 0 Å². The molecule has 0 spiro atoms. The molecule has 22 heavy (non-hydrogen) atoms. The third-order valence-electron chi connectivity index (χ3n) is 4.65. The molecule has 0 aliphatic heterocycles. The van der Waals surface area contributed by atoms with Crippen LogP contribution in [0.5, 0.6) is 0 Å². The van der Waals surface area contributed by atoms with Crippen LogP contribution in [-0.4, -0.2) is 24.0 Å². The third-order valence-corrected chi connectivity index (χ3v) is 4.65. The van der Waals surface area contributed by atoms with E-state index >= 15 is 0 Å². The van der Waals surface area contributed by atoms with E-state index < -0.39 is 0 Å². The molecule has 0 bridgehead atoms. The summed E-state index contributed by atoms with van der Waals surface area (Å²) < 4.78 is 0. The van der Waals surface area contributed by atoms with Crippen LogP contribution in [0.15, 0.2) is 60.8 Å². The molecule has 1 atom stereocenters. The molecule has 2 heteroatoms. The lowest BCUT2D eigenvalue weighted by Gasteiger charge is -2.40. The van der Waals surface area contributed by atoms with Crippen molar-refractivity contribution in [3.63, 3.8) is 0 Å². The summed E-state index contributed by atoms with van der Waals surface area (Å²) in [5.74, 6) is 0. The Balaban J connectivity index is 1.98. The maximum Gasteiger partial charge on any atom is 0.0629 e. The van der Waals surface area contributed by atoms with Gasteiger partial charge < -0.3 is 0 Å². The molecule has 1 heterocycles. The topological polar surface area (TPSA) is 16.1 Å². The number of hydrogen-bond donors (Lipinski definition) is 0. The van der Waals surface area contributed by atoms with Crippen LogP contribution >= 0.6 is 0 Å². The zero-order valence-corrected chi connectivity index (χ0v) is 13.5. The number of rotatable bonds is 3. The Bertz CT molecular complexity index is 713. The number of allylic oxidation sites excluding steroid dienone is 2. The van der Waals surface area contributed by atoms with Gasteiger partial charge in [-0.25, -0.2) is 0 Å². The first-order chi connectivity index (χ1) is 10.6. The van der Waals surface area contributed by atoms with E-state index in [4.69, 9.17) is 0 Å². The number of hydrogen-bond acceptors (Lipinski definition) is 2. The van der Waals surface area contributed by atoms with Crippen molar-refractivity contribution in [2.24, 2.45) is 0 Å². The van der Waals surface area contributed by atoms with Gasteiger partial charge >= 0.3 is 0 Å². The summed E-state index contributed by atoms with van der Waals surface area (Å²) in [7, 11) is 4.30. The standard InChI is InChI=1S/C20H22N2/c1-20(22(2)3)14-13-16(18-9-4-5-10-19(18)20)11-12-17-8-6-7-15-21-17/h4-13,15H,14H2,1-3H3/b12-11+. The smallest absolute Gasteiger partial charge is 0.0629 e. The van der Waals surface area contributed by atoms with Crippen LogP contribution in [0.2, 0.25) is 0 Å². The first kappa shape index (κ1) is 14.7. The van der Waals surface area contributed by atoms with Crippen LogP contribution in [0, 0.1) is 0 Å². The molecule has 1 unspecified atom stereocenters. The van der Waals surface area contributed by atoms with Crippen molar-refractivity contribution >= 4 is 11.6 Å². The zero-order valence-electron chi connectivity index (χ0n) is 13.5. The molecule has 1 aliphatic rings. The van der Waals surface area contributed by atoms with Gasteiger partial charge in [-0.3, -0.25) is 9.88 Å². The average Bonchev–Trinajstić information content (AvgIpc) is 2.55. The normalized spacial score (nSPS) is 21.0. The van der Waals surface area contributed by atoms with Gasteiger partial charge in [0.05, 0.1) is 5.69 Å². The van der Waals surface area contributed by atoms with Gasteiger partial charge in [-0.1, -0.05) is 42.5 Å². The average molecular weight is 290 g/mol. The molecule has 0 saturated heterocycles. The molecule has 2 nitrogen and oxygen atoms in total. The number of benzene rings is 1. The van der Waals surface area contributed by atoms with Gasteiger partial charge in [-0.15, -0.1) is 0 Å². The van der Waals surface area contributed by atoms with Crippen LogP contribution in [0.4, 0.5) is 0 Å². The van der Waals surface area contributed by atoms with Crippen molar-refractivity contribution < 1.29 is 0 Å². The van der Waals surface area contributed by atoms with E-state index in [1.165, 1.54) is 16.7 Å². The Morgan fingerprint density at radius 2 is 1.82 bits per heavy atom. The highest BCUT2D eigenvalue weighted by atomic mass is 15.1. The zero-order chi connectivity index (χ0) is 15.6. The molecule has 0 N–H and O–H groups in total. The minimum atomic E-state index is 0.0545. The Labute approximate surface area is 132 Å². The number of fused-ring (bicyclic) bond motifs is 1. The summed E-state index contributed by atoms with van der Waals surface area (Å²) in [6.45, 7) is 2.31. The fraction of sp³-hybridized carbons (Fsp3) is 0.250. The molecular formula is C20H22N2. The molecule has 2 aromatic rings. The Morgan fingerprint density at radius 1 is 1.05 bits per heavy atom. The lowest BCUT2D eigenvalue weighted by Crippen LogP contribution is -2.40. The highest BCUT2D eigenvalue weighted by Gasteiger charge is 2.33. The molecule has 112 valence electrons. The SMILES string of the molecule is CN(C)C1(C)CC=C(/C=C/c2ccccn2)c2ccccc21. The summed E-state index contributed by atoms with van der Waals surface area (Å²) in [5.41, 5.74) is 5.03. The second kappa shape index (κ2) is 5.90. The molecule has 0 amide bonds. The van der Waals surface area contributed by atoms with Crippen LogP contribution in [0.1, 0.15) is 30.2 Å². The molecule has 1 aromatic carbocycles. The second-order valence-electron chi connectivity index (χ2n) is 6.17. The highest BCUT2D eigenvalue weighted by Crippen LogP contribution is 2.40. The first-order valence-electron chi connectivity index (χ1n) is 7.68. The van der Waals surface area contributed by atoms with E-state index in [0.29, 0.717) is 0 Å². The molecule has 3 rings (SSSR count). The quantitative estimate of drug-likeness (QED) is 0.835. The molecule has 0 radical (unpaired) electrons. The van der Waals surface area contributed by atoms with Gasteiger partial charge in [-0.2, -0.15) is 0 Å². The maximum atomic E-state index is 4.35. The summed E-state index contributed by atoms with van der Waals surface area (Å²) in [6, 6.07) is 14.7. The summed E-state index contributed by atoms with van der Waals surface area (Å²) in [4.78, 5) is 6.66. The minimum absolute atomic E-state index is 0.0545. The minimum Gasteiger partial charge on any atom is -0.300 e. The van der Waals surface area contributed by atoms with Crippen molar-refractivity contribution in [1.82, 2.24) is 9.88 Å². The number of nitrogens with zero attached hydrogens (tertiary/aromatic N) is 2. The monoisotopic (exact) mass is 290 g/mol. The largest absolute Gasteiger partial charge is 0.300 e. The van der Waals surface area contributed by atoms with Crippen LogP contribution in [-0.2, 0) is 5.54 Å². The van der Waals surface area contributed by atoms with Gasteiger partial charge in [0.15, 0.2) is 0 Å². The third kappa shape index (κ3) is 2.62. The summed E-state index contributed by atoms with van der Waals surface area (Å²) >= 11 is 0.